The lowest BCUT2D eigenvalue weighted by Gasteiger charge is -2.56. The number of benzene rings is 1. The van der Waals surface area contributed by atoms with Gasteiger partial charge in [0.05, 0.1) is 30.3 Å². The van der Waals surface area contributed by atoms with E-state index in [1.807, 2.05) is 112 Å². The Morgan fingerprint density at radius 2 is 1.71 bits per heavy atom. The molecule has 440 valence electrons. The third kappa shape index (κ3) is 14.7. The van der Waals surface area contributed by atoms with Crippen molar-refractivity contribution in [3.05, 3.63) is 77.9 Å². The smallest absolute Gasteiger partial charge is 0.325 e. The van der Waals surface area contributed by atoms with Crippen molar-refractivity contribution in [2.24, 2.45) is 47.3 Å². The van der Waals surface area contributed by atoms with E-state index in [1.165, 1.54) is 11.9 Å². The highest BCUT2D eigenvalue weighted by molar-refractivity contribution is 5.93. The second-order valence-corrected chi connectivity index (χ2v) is 24.1. The maximum atomic E-state index is 14.7. The van der Waals surface area contributed by atoms with E-state index < -0.39 is 89.8 Å². The molecule has 0 aromatic heterocycles. The van der Waals surface area contributed by atoms with Crippen LogP contribution in [-0.2, 0) is 58.9 Å². The molecule has 7 rings (SSSR count). The van der Waals surface area contributed by atoms with Gasteiger partial charge in [-0.05, 0) is 88.0 Å². The normalized spacial score (nSPS) is 36.9. The zero-order valence-corrected chi connectivity index (χ0v) is 48.9. The number of esters is 2. The number of hydrazine groups is 1. The monoisotopic (exact) mass is 1110 g/mol. The number of cyclic esters (lactones) is 1. The third-order valence-electron chi connectivity index (χ3n) is 17.7. The minimum atomic E-state index is -1.17. The molecule has 6 aliphatic heterocycles. The first-order valence-electron chi connectivity index (χ1n) is 29.3. The molecule has 5 fully saturated rings. The van der Waals surface area contributed by atoms with E-state index in [2.05, 4.69) is 21.4 Å². The van der Waals surface area contributed by atoms with Crippen LogP contribution in [0.25, 0.3) is 0 Å². The Hall–Kier alpha value is -5.53. The Kier molecular flexibility index (Phi) is 21.0. The summed E-state index contributed by atoms with van der Waals surface area (Å²) in [6.45, 7) is 20.7. The maximum absolute atomic E-state index is 14.7. The van der Waals surface area contributed by atoms with Gasteiger partial charge in [0.1, 0.15) is 41.5 Å². The topological polar surface area (TPSA) is 237 Å². The molecule has 18 nitrogen and oxygen atoms in total. The number of aliphatic hydroxyl groups excluding tert-OH is 1. The largest absolute Gasteiger partial charge is 0.456 e. The average Bonchev–Trinajstić information content (AvgIpc) is 3.57. The molecule has 6 heterocycles. The first kappa shape index (κ1) is 62.1. The van der Waals surface area contributed by atoms with Crippen LogP contribution in [0.2, 0.25) is 0 Å². The number of nitrogens with one attached hydrogen (secondary N) is 4. The number of Topliss-reactive ketones (excluding diaryl/α,β-unsaturated/α-hetero) is 1. The van der Waals surface area contributed by atoms with Crippen molar-refractivity contribution in [2.45, 2.75) is 207 Å². The van der Waals surface area contributed by atoms with E-state index in [0.717, 1.165) is 12.0 Å². The standard InChI is InChI=1S/C62H89N5O13/c1-12-44-31-38(6)62(65-56(44)71)41(9)54(70)39(7)52(79-62)34-49(69)36(4)21-15-13-16-22-37(5)50-26-17-14-18-27-51-40(8)55-46(28-29-61(11,78-51)80-55)57(72)64-53(35(2)3)58(73)63-48(33-43-23-19-24-45(32-43)76-42(10)68)59(74)67-30-20-25-47(66-67)60(75)77-50/h13-14,16-19,22-24,27,32,35-36,38-41,44,46-48,50-55,66,70H,12,15,20-21,25-26,28-31,33-34H2,1-11H3,(H,63,73)(H,64,72)(H,65,71)/b16-13+,17-14+,27-18-,37-22+/t36-,38-,39-,40-,41-,44-,46+,47-,48-,50-,51-,52-,53-,54-,55+,61+,62+/m0/s1. The summed E-state index contributed by atoms with van der Waals surface area (Å²) in [6, 6.07) is 3.60. The molecule has 6 aliphatic rings. The minimum absolute atomic E-state index is 0.00297. The minimum Gasteiger partial charge on any atom is -0.456 e. The lowest BCUT2D eigenvalue weighted by atomic mass is 9.69. The third-order valence-corrected chi connectivity index (χ3v) is 17.7. The summed E-state index contributed by atoms with van der Waals surface area (Å²) in [5, 5.41) is 21.9. The number of fused-ring (bicyclic) bond motifs is 4. The van der Waals surface area contributed by atoms with Gasteiger partial charge in [-0.1, -0.05) is 110 Å². The Labute approximate surface area is 472 Å². The summed E-state index contributed by atoms with van der Waals surface area (Å²) >= 11 is 0. The number of carbonyl (C=O) groups excluding carboxylic acids is 7. The van der Waals surface area contributed by atoms with Crippen LogP contribution in [0.3, 0.4) is 0 Å². The number of hydrogen-bond donors (Lipinski definition) is 5. The fraction of sp³-hybridized carbons (Fsp3) is 0.661. The Balaban J connectivity index is 1.08. The number of ketones is 1. The van der Waals surface area contributed by atoms with Gasteiger partial charge < -0.3 is 44.7 Å². The first-order chi connectivity index (χ1) is 37.9. The number of amides is 4. The fourth-order valence-electron chi connectivity index (χ4n) is 12.5. The fourth-order valence-corrected chi connectivity index (χ4v) is 12.5. The lowest BCUT2D eigenvalue weighted by Crippen LogP contribution is -2.71. The number of aliphatic hydroxyl groups is 1. The van der Waals surface area contributed by atoms with Crippen molar-refractivity contribution in [3.8, 4) is 5.75 Å². The van der Waals surface area contributed by atoms with Crippen LogP contribution in [0.5, 0.6) is 5.75 Å². The molecule has 0 unspecified atom stereocenters. The van der Waals surface area contributed by atoms with Crippen molar-refractivity contribution in [1.29, 1.82) is 0 Å². The summed E-state index contributed by atoms with van der Waals surface area (Å²) < 4.78 is 31.3. The Morgan fingerprint density at radius 3 is 2.44 bits per heavy atom. The molecule has 1 aromatic carbocycles. The van der Waals surface area contributed by atoms with Crippen molar-refractivity contribution >= 4 is 41.4 Å². The molecular weight excluding hydrogens is 1020 g/mol. The molecule has 0 saturated carbocycles. The van der Waals surface area contributed by atoms with Crippen LogP contribution in [0.4, 0.5) is 0 Å². The van der Waals surface area contributed by atoms with Crippen LogP contribution in [0.15, 0.2) is 72.4 Å². The summed E-state index contributed by atoms with van der Waals surface area (Å²) in [5.74, 6) is -5.47. The molecule has 1 aromatic rings. The van der Waals surface area contributed by atoms with Crippen LogP contribution >= 0.6 is 0 Å². The van der Waals surface area contributed by atoms with Crippen LogP contribution in [0, 0.1) is 47.3 Å². The van der Waals surface area contributed by atoms with Gasteiger partial charge in [0, 0.05) is 74.7 Å². The number of allylic oxidation sites excluding steroid dienone is 5. The van der Waals surface area contributed by atoms with Gasteiger partial charge in [0.2, 0.25) is 17.7 Å². The van der Waals surface area contributed by atoms with Gasteiger partial charge in [-0.2, -0.15) is 0 Å². The molecule has 18 heteroatoms. The molecular formula is C62H89N5O13. The Morgan fingerprint density at radius 1 is 0.950 bits per heavy atom. The van der Waals surface area contributed by atoms with Crippen LogP contribution in [-0.4, -0.2) is 118 Å². The number of hydrogen-bond acceptors (Lipinski definition) is 14. The van der Waals surface area contributed by atoms with E-state index >= 15 is 0 Å². The van der Waals surface area contributed by atoms with E-state index in [-0.39, 0.29) is 84.2 Å². The number of piperidine rings is 1. The van der Waals surface area contributed by atoms with Gasteiger partial charge >= 0.3 is 11.9 Å². The Bertz CT molecular complexity index is 2550. The summed E-state index contributed by atoms with van der Waals surface area (Å²) in [6.07, 6.45) is 15.2. The number of carbonyl (C=O) groups is 7. The van der Waals surface area contributed by atoms with E-state index in [1.54, 1.807) is 24.3 Å². The average molecular weight is 1110 g/mol. The quantitative estimate of drug-likeness (QED) is 0.0757. The molecule has 17 atom stereocenters. The predicted molar refractivity (Wildman–Crippen MR) is 299 cm³/mol. The molecule has 80 heavy (non-hydrogen) atoms. The van der Waals surface area contributed by atoms with Gasteiger partial charge in [-0.3, -0.25) is 38.6 Å². The van der Waals surface area contributed by atoms with E-state index in [9.17, 15) is 38.7 Å². The van der Waals surface area contributed by atoms with Crippen LogP contribution in [0.1, 0.15) is 146 Å². The number of nitrogens with zero attached hydrogens (tertiary/aromatic N) is 1. The lowest BCUT2D eigenvalue weighted by molar-refractivity contribution is -0.344. The van der Waals surface area contributed by atoms with E-state index in [4.69, 9.17) is 23.7 Å². The molecule has 0 aliphatic carbocycles. The second-order valence-electron chi connectivity index (χ2n) is 24.1. The van der Waals surface area contributed by atoms with Crippen LogP contribution < -0.4 is 26.1 Å². The van der Waals surface area contributed by atoms with Crippen molar-refractivity contribution in [1.82, 2.24) is 26.4 Å². The maximum Gasteiger partial charge on any atom is 0.325 e. The molecule has 5 saturated heterocycles. The van der Waals surface area contributed by atoms with Gasteiger partial charge in [-0.25, -0.2) is 5.43 Å². The first-order valence-corrected chi connectivity index (χ1v) is 29.3. The highest BCUT2D eigenvalue weighted by Gasteiger charge is 2.57. The SMILES string of the molecule is CC[C@H]1C[C@H](C)[C@@]2(NC1=O)O[C@@H](CC(=O)[C@@H](C)CC/C=C/C=C(\C)[C@@H]1C/C=C/C=C\[C@@H]3O[C@@]4(C)CC[C@@H](C(=O)N[C@@H](C(C)C)C(=O)N[C@@H](Cc5cccc(OC(C)=O)c5)C(=O)N5CCC[C@H](N5)C(=O)O1)[C@H](O4)[C@H]3C)[C@H](C)[C@H](O)[C@@H]2C. The zero-order chi connectivity index (χ0) is 58.2. The molecule has 5 bridgehead atoms. The predicted octanol–water partition coefficient (Wildman–Crippen LogP) is 7.04. The number of ether oxygens (including phenoxy) is 5. The summed E-state index contributed by atoms with van der Waals surface area (Å²) in [4.78, 5) is 96.4. The molecule has 1 spiro atoms. The summed E-state index contributed by atoms with van der Waals surface area (Å²) in [5.41, 5.74) is 3.42. The van der Waals surface area contributed by atoms with Crippen molar-refractivity contribution in [3.63, 3.8) is 0 Å². The molecule has 4 amide bonds. The van der Waals surface area contributed by atoms with Gasteiger partial charge in [-0.15, -0.1) is 0 Å². The zero-order valence-electron chi connectivity index (χ0n) is 48.9. The van der Waals surface area contributed by atoms with Crippen molar-refractivity contribution in [2.75, 3.05) is 6.54 Å². The molecule has 0 radical (unpaired) electrons. The second kappa shape index (κ2) is 27.0. The summed E-state index contributed by atoms with van der Waals surface area (Å²) in [7, 11) is 0. The highest BCUT2D eigenvalue weighted by Crippen LogP contribution is 2.47. The molecule has 5 N–H and O–H groups in total. The van der Waals surface area contributed by atoms with Crippen molar-refractivity contribution < 1.29 is 62.4 Å². The highest BCUT2D eigenvalue weighted by atomic mass is 16.7. The van der Waals surface area contributed by atoms with Gasteiger partial charge in [0.25, 0.3) is 5.91 Å². The van der Waals surface area contributed by atoms with E-state index in [0.29, 0.717) is 56.9 Å². The van der Waals surface area contributed by atoms with Gasteiger partial charge in [0.15, 0.2) is 5.79 Å². The number of rotatable bonds is 13.